The highest BCUT2D eigenvalue weighted by atomic mass is 35.5. The minimum absolute atomic E-state index is 0.306. The molecule has 3 rings (SSSR count). The summed E-state index contributed by atoms with van der Waals surface area (Å²) in [5.41, 5.74) is 1.11. The molecule has 1 heterocycles. The van der Waals surface area contributed by atoms with Gasteiger partial charge in [-0.1, -0.05) is 41.9 Å². The predicted octanol–water partition coefficient (Wildman–Crippen LogP) is 4.05. The van der Waals surface area contributed by atoms with Crippen LogP contribution >= 0.6 is 11.6 Å². The summed E-state index contributed by atoms with van der Waals surface area (Å²) in [4.78, 5) is 0. The van der Waals surface area contributed by atoms with Crippen LogP contribution in [0.1, 0.15) is 5.56 Å². The van der Waals surface area contributed by atoms with Crippen LogP contribution in [0.25, 0.3) is 10.8 Å². The molecule has 0 saturated heterocycles. The molecule has 0 fully saturated rings. The molecular formula is C15H12ClNO. The molecule has 18 heavy (non-hydrogen) atoms. The fraction of sp³-hybridized carbons (Fsp3) is 0.0667. The molecule has 2 aromatic carbocycles. The number of halogens is 1. The zero-order valence-corrected chi connectivity index (χ0v) is 10.4. The maximum atomic E-state index is 10.1. The monoisotopic (exact) mass is 257 g/mol. The smallest absolute Gasteiger partial charge is 0.199 e. The van der Waals surface area contributed by atoms with Gasteiger partial charge in [0.25, 0.3) is 0 Å². The van der Waals surface area contributed by atoms with Crippen molar-refractivity contribution < 1.29 is 5.11 Å². The highest BCUT2D eigenvalue weighted by Gasteiger charge is 2.07. The van der Waals surface area contributed by atoms with Gasteiger partial charge in [-0.2, -0.15) is 0 Å². The van der Waals surface area contributed by atoms with Crippen molar-refractivity contribution in [2.24, 2.45) is 0 Å². The normalized spacial score (nSPS) is 10.9. The van der Waals surface area contributed by atoms with Crippen molar-refractivity contribution in [2.45, 2.75) is 6.54 Å². The van der Waals surface area contributed by atoms with Crippen molar-refractivity contribution in [3.63, 3.8) is 0 Å². The van der Waals surface area contributed by atoms with Gasteiger partial charge in [-0.05, 0) is 23.8 Å². The Morgan fingerprint density at radius 3 is 2.44 bits per heavy atom. The lowest BCUT2D eigenvalue weighted by Gasteiger charge is -2.05. The highest BCUT2D eigenvalue weighted by molar-refractivity contribution is 6.30. The standard InChI is InChI=1S/C15H12ClNO/c16-13-7-5-11(6-8-13)9-17-10-12-3-1-2-4-14(12)15(17)18/h1-8,10,18H,9H2. The van der Waals surface area contributed by atoms with Crippen LogP contribution in [0.3, 0.4) is 0 Å². The van der Waals surface area contributed by atoms with Crippen molar-refractivity contribution in [1.82, 2.24) is 4.57 Å². The van der Waals surface area contributed by atoms with E-state index in [-0.39, 0.29) is 0 Å². The summed E-state index contributed by atoms with van der Waals surface area (Å²) in [6.45, 7) is 0.637. The molecular weight excluding hydrogens is 246 g/mol. The Balaban J connectivity index is 1.99. The van der Waals surface area contributed by atoms with Gasteiger partial charge in [0.15, 0.2) is 5.88 Å². The summed E-state index contributed by atoms with van der Waals surface area (Å²) < 4.78 is 1.84. The quantitative estimate of drug-likeness (QED) is 0.736. The Bertz CT molecular complexity index is 685. The van der Waals surface area contributed by atoms with E-state index >= 15 is 0 Å². The molecule has 0 radical (unpaired) electrons. The van der Waals surface area contributed by atoms with Gasteiger partial charge in [0.1, 0.15) is 0 Å². The second-order valence-corrected chi connectivity index (χ2v) is 4.73. The van der Waals surface area contributed by atoms with E-state index < -0.39 is 0 Å². The summed E-state index contributed by atoms with van der Waals surface area (Å²) in [6, 6.07) is 15.5. The summed E-state index contributed by atoms with van der Waals surface area (Å²) >= 11 is 5.85. The number of aromatic nitrogens is 1. The number of fused-ring (bicyclic) bond motifs is 1. The van der Waals surface area contributed by atoms with Gasteiger partial charge in [0.2, 0.25) is 0 Å². The lowest BCUT2D eigenvalue weighted by molar-refractivity contribution is 0.430. The van der Waals surface area contributed by atoms with Crippen molar-refractivity contribution in [2.75, 3.05) is 0 Å². The molecule has 3 aromatic rings. The van der Waals surface area contributed by atoms with Gasteiger partial charge in [0.05, 0.1) is 6.54 Å². The minimum Gasteiger partial charge on any atom is -0.494 e. The van der Waals surface area contributed by atoms with Crippen LogP contribution < -0.4 is 0 Å². The Kier molecular flexibility index (Phi) is 2.73. The molecule has 2 nitrogen and oxygen atoms in total. The van der Waals surface area contributed by atoms with Gasteiger partial charge < -0.3 is 9.67 Å². The molecule has 0 spiro atoms. The average Bonchev–Trinajstić information content (AvgIpc) is 2.70. The van der Waals surface area contributed by atoms with E-state index in [0.29, 0.717) is 12.4 Å². The molecule has 0 unspecified atom stereocenters. The van der Waals surface area contributed by atoms with E-state index in [0.717, 1.165) is 21.4 Å². The van der Waals surface area contributed by atoms with Crippen LogP contribution in [0.4, 0.5) is 0 Å². The van der Waals surface area contributed by atoms with Gasteiger partial charge in [-0.15, -0.1) is 0 Å². The number of nitrogens with zero attached hydrogens (tertiary/aromatic N) is 1. The summed E-state index contributed by atoms with van der Waals surface area (Å²) in [7, 11) is 0. The Labute approximate surface area is 110 Å². The van der Waals surface area contributed by atoms with Crippen molar-refractivity contribution in [3.05, 3.63) is 65.3 Å². The molecule has 0 aliphatic heterocycles. The van der Waals surface area contributed by atoms with Crippen LogP contribution in [0.15, 0.2) is 54.7 Å². The maximum Gasteiger partial charge on any atom is 0.199 e. The van der Waals surface area contributed by atoms with E-state index in [1.54, 1.807) is 0 Å². The lowest BCUT2D eigenvalue weighted by atomic mass is 10.2. The first kappa shape index (κ1) is 11.2. The molecule has 0 amide bonds. The third kappa shape index (κ3) is 1.95. The van der Waals surface area contributed by atoms with Gasteiger partial charge in [-0.25, -0.2) is 0 Å². The average molecular weight is 258 g/mol. The number of aromatic hydroxyl groups is 1. The molecule has 0 aliphatic carbocycles. The van der Waals surface area contributed by atoms with Crippen LogP contribution in [-0.4, -0.2) is 9.67 Å². The summed E-state index contributed by atoms with van der Waals surface area (Å²) in [5, 5.41) is 12.8. The number of benzene rings is 2. The Morgan fingerprint density at radius 2 is 1.72 bits per heavy atom. The number of hydrogen-bond acceptors (Lipinski definition) is 1. The highest BCUT2D eigenvalue weighted by Crippen LogP contribution is 2.27. The third-order valence-electron chi connectivity index (χ3n) is 3.03. The zero-order chi connectivity index (χ0) is 12.5. The van der Waals surface area contributed by atoms with Gasteiger partial charge in [0, 0.05) is 22.0 Å². The fourth-order valence-corrected chi connectivity index (χ4v) is 2.23. The SMILES string of the molecule is Oc1c2ccccc2cn1Cc1ccc(Cl)cc1. The Morgan fingerprint density at radius 1 is 1.00 bits per heavy atom. The van der Waals surface area contributed by atoms with Gasteiger partial charge >= 0.3 is 0 Å². The molecule has 0 saturated carbocycles. The summed E-state index contributed by atoms with van der Waals surface area (Å²) in [6.07, 6.45) is 1.96. The Hall–Kier alpha value is -1.93. The number of hydrogen-bond donors (Lipinski definition) is 1. The molecule has 90 valence electrons. The van der Waals surface area contributed by atoms with Crippen LogP contribution in [0.5, 0.6) is 5.88 Å². The van der Waals surface area contributed by atoms with E-state index in [2.05, 4.69) is 0 Å². The molecule has 0 atom stereocenters. The van der Waals surface area contributed by atoms with Crippen molar-refractivity contribution in [1.29, 1.82) is 0 Å². The second kappa shape index (κ2) is 4.39. The zero-order valence-electron chi connectivity index (χ0n) is 9.68. The van der Waals surface area contributed by atoms with Crippen LogP contribution in [0, 0.1) is 0 Å². The maximum absolute atomic E-state index is 10.1. The van der Waals surface area contributed by atoms with E-state index in [9.17, 15) is 5.11 Å². The first-order valence-electron chi connectivity index (χ1n) is 5.75. The molecule has 3 heteroatoms. The first-order chi connectivity index (χ1) is 8.74. The number of rotatable bonds is 2. The fourth-order valence-electron chi connectivity index (χ4n) is 2.10. The van der Waals surface area contributed by atoms with E-state index in [1.807, 2.05) is 59.3 Å². The first-order valence-corrected chi connectivity index (χ1v) is 6.13. The minimum atomic E-state index is 0.306. The van der Waals surface area contributed by atoms with E-state index in [1.165, 1.54) is 0 Å². The third-order valence-corrected chi connectivity index (χ3v) is 3.29. The van der Waals surface area contributed by atoms with Crippen LogP contribution in [-0.2, 0) is 6.54 Å². The van der Waals surface area contributed by atoms with Crippen molar-refractivity contribution in [3.8, 4) is 5.88 Å². The molecule has 1 N–H and O–H groups in total. The van der Waals surface area contributed by atoms with E-state index in [4.69, 9.17) is 11.6 Å². The second-order valence-electron chi connectivity index (χ2n) is 4.29. The lowest BCUT2D eigenvalue weighted by Crippen LogP contribution is -1.96. The van der Waals surface area contributed by atoms with Gasteiger partial charge in [-0.3, -0.25) is 0 Å². The summed E-state index contributed by atoms with van der Waals surface area (Å²) in [5.74, 6) is 0.306. The van der Waals surface area contributed by atoms with Crippen molar-refractivity contribution >= 4 is 22.4 Å². The largest absolute Gasteiger partial charge is 0.494 e. The van der Waals surface area contributed by atoms with Crippen LogP contribution in [0.2, 0.25) is 5.02 Å². The molecule has 1 aromatic heterocycles. The predicted molar refractivity (Wildman–Crippen MR) is 74.2 cm³/mol. The molecule has 0 aliphatic rings. The molecule has 0 bridgehead atoms. The topological polar surface area (TPSA) is 25.2 Å².